The molecule has 0 radical (unpaired) electrons. The second kappa shape index (κ2) is 8.77. The van der Waals surface area contributed by atoms with Crippen LogP contribution in [0.4, 0.5) is 5.69 Å². The number of aliphatic carboxylic acids is 1. The van der Waals surface area contributed by atoms with Gasteiger partial charge in [-0.2, -0.15) is 4.31 Å². The maximum absolute atomic E-state index is 12.9. The molecule has 0 heterocycles. The highest BCUT2D eigenvalue weighted by atomic mass is 32.2. The number of benzene rings is 1. The molecule has 0 saturated carbocycles. The molecule has 1 rings (SSSR count). The van der Waals surface area contributed by atoms with Crippen LogP contribution in [0.15, 0.2) is 23.1 Å². The number of hydrogen-bond donors (Lipinski definition) is 3. The largest absolute Gasteiger partial charge is 0.480 e. The number of amides is 2. The number of carbonyl (C=O) groups excluding carboxylic acids is 2. The third kappa shape index (κ3) is 5.53. The van der Waals surface area contributed by atoms with Crippen LogP contribution >= 0.6 is 0 Å². The van der Waals surface area contributed by atoms with E-state index in [1.165, 1.54) is 39.0 Å². The molecule has 0 aliphatic rings. The molecular weight excluding hydrogens is 362 g/mol. The minimum absolute atomic E-state index is 0.0312. The number of hydrogen-bond acceptors (Lipinski definition) is 5. The van der Waals surface area contributed by atoms with Gasteiger partial charge in [0.2, 0.25) is 21.8 Å². The molecule has 1 unspecified atom stereocenters. The van der Waals surface area contributed by atoms with Gasteiger partial charge in [-0.3, -0.25) is 14.4 Å². The summed E-state index contributed by atoms with van der Waals surface area (Å²) in [5.74, 6) is -2.02. The maximum Gasteiger partial charge on any atom is 0.321 e. The molecule has 0 aliphatic carbocycles. The van der Waals surface area contributed by atoms with Crippen LogP contribution < -0.4 is 10.6 Å². The second-order valence-corrected chi connectivity index (χ2v) is 7.66. The molecule has 2 amide bonds. The number of nitrogens with zero attached hydrogens (tertiary/aromatic N) is 1. The summed E-state index contributed by atoms with van der Waals surface area (Å²) in [5.41, 5.74) is 0.985. The number of nitrogens with one attached hydrogen (secondary N) is 2. The summed E-state index contributed by atoms with van der Waals surface area (Å²) in [6, 6.07) is 2.82. The summed E-state index contributed by atoms with van der Waals surface area (Å²) in [7, 11) is -4.17. The van der Waals surface area contributed by atoms with Crippen molar-refractivity contribution in [2.75, 3.05) is 18.4 Å². The molecule has 0 aliphatic heterocycles. The first kappa shape index (κ1) is 21.6. The van der Waals surface area contributed by atoms with Gasteiger partial charge in [-0.05, 0) is 31.5 Å². The number of carboxylic acids is 1. The molecule has 10 heteroatoms. The number of sulfonamides is 1. The fourth-order valence-electron chi connectivity index (χ4n) is 2.21. The van der Waals surface area contributed by atoms with E-state index in [0.717, 1.165) is 4.31 Å². The summed E-state index contributed by atoms with van der Waals surface area (Å²) in [6.07, 6.45) is 0. The third-order valence-electron chi connectivity index (χ3n) is 3.62. The number of anilines is 1. The quantitative estimate of drug-likeness (QED) is 0.599. The Hall–Kier alpha value is -2.46. The first-order valence-corrected chi connectivity index (χ1v) is 9.28. The Bertz CT molecular complexity index is 806. The Kier molecular flexibility index (Phi) is 7.28. The van der Waals surface area contributed by atoms with Crippen LogP contribution in [0.2, 0.25) is 0 Å². The van der Waals surface area contributed by atoms with Crippen LogP contribution in [0.5, 0.6) is 0 Å². The summed E-state index contributed by atoms with van der Waals surface area (Å²) in [5, 5.41) is 14.2. The van der Waals surface area contributed by atoms with Crippen molar-refractivity contribution in [2.45, 2.75) is 38.6 Å². The Labute approximate surface area is 152 Å². The van der Waals surface area contributed by atoms with Crippen LogP contribution in [-0.2, 0) is 24.4 Å². The normalized spacial score (nSPS) is 12.5. The monoisotopic (exact) mass is 385 g/mol. The predicted molar refractivity (Wildman–Crippen MR) is 95.2 cm³/mol. The lowest BCUT2D eigenvalue weighted by atomic mass is 10.2. The average molecular weight is 385 g/mol. The van der Waals surface area contributed by atoms with Crippen molar-refractivity contribution in [3.8, 4) is 0 Å². The predicted octanol–water partition coefficient (Wildman–Crippen LogP) is 0.553. The van der Waals surface area contributed by atoms with Crippen molar-refractivity contribution in [3.05, 3.63) is 23.8 Å². The minimum atomic E-state index is -4.17. The molecule has 144 valence electrons. The summed E-state index contributed by atoms with van der Waals surface area (Å²) in [4.78, 5) is 33.5. The average Bonchev–Trinajstić information content (AvgIpc) is 2.51. The van der Waals surface area contributed by atoms with E-state index >= 15 is 0 Å². The van der Waals surface area contributed by atoms with Gasteiger partial charge >= 0.3 is 5.97 Å². The second-order valence-electron chi connectivity index (χ2n) is 5.77. The smallest absolute Gasteiger partial charge is 0.321 e. The molecule has 0 bridgehead atoms. The van der Waals surface area contributed by atoms with Gasteiger partial charge in [-0.1, -0.05) is 6.07 Å². The van der Waals surface area contributed by atoms with Gasteiger partial charge in [-0.15, -0.1) is 0 Å². The summed E-state index contributed by atoms with van der Waals surface area (Å²) >= 11 is 0. The highest BCUT2D eigenvalue weighted by Crippen LogP contribution is 2.24. The van der Waals surface area contributed by atoms with Gasteiger partial charge in [0.25, 0.3) is 0 Å². The number of aryl methyl sites for hydroxylation is 1. The SMILES string of the molecule is CC(=O)NCCN(C(C)C(=O)O)S(=O)(=O)c1ccc(C)c(NC(C)=O)c1. The number of rotatable bonds is 8. The molecule has 1 aromatic rings. The lowest BCUT2D eigenvalue weighted by molar-refractivity contribution is -0.140. The topological polar surface area (TPSA) is 133 Å². The van der Waals surface area contributed by atoms with Gasteiger partial charge in [0, 0.05) is 32.6 Å². The van der Waals surface area contributed by atoms with Gasteiger partial charge in [0.15, 0.2) is 0 Å². The summed E-state index contributed by atoms with van der Waals surface area (Å²) in [6.45, 7) is 5.29. The van der Waals surface area contributed by atoms with Crippen molar-refractivity contribution >= 4 is 33.5 Å². The van der Waals surface area contributed by atoms with E-state index in [1.807, 2.05) is 0 Å². The van der Waals surface area contributed by atoms with Gasteiger partial charge in [0.05, 0.1) is 4.90 Å². The molecule has 1 atom stereocenters. The number of carbonyl (C=O) groups is 3. The highest BCUT2D eigenvalue weighted by Gasteiger charge is 2.33. The molecule has 0 aromatic heterocycles. The van der Waals surface area contributed by atoms with Crippen LogP contribution in [-0.4, -0.2) is 54.7 Å². The Morgan fingerprint density at radius 3 is 2.31 bits per heavy atom. The zero-order valence-corrected chi connectivity index (χ0v) is 15.9. The molecule has 26 heavy (non-hydrogen) atoms. The van der Waals surface area contributed by atoms with Crippen molar-refractivity contribution in [1.82, 2.24) is 9.62 Å². The fraction of sp³-hybridized carbons (Fsp3) is 0.438. The van der Waals surface area contributed by atoms with Crippen LogP contribution in [0, 0.1) is 6.92 Å². The van der Waals surface area contributed by atoms with Gasteiger partial charge in [0.1, 0.15) is 6.04 Å². The van der Waals surface area contributed by atoms with E-state index < -0.39 is 22.0 Å². The van der Waals surface area contributed by atoms with Crippen molar-refractivity contribution in [1.29, 1.82) is 0 Å². The summed E-state index contributed by atoms with van der Waals surface area (Å²) < 4.78 is 26.7. The first-order chi connectivity index (χ1) is 12.0. The molecule has 0 saturated heterocycles. The Morgan fingerprint density at radius 2 is 1.81 bits per heavy atom. The third-order valence-corrected chi connectivity index (χ3v) is 5.59. The molecule has 9 nitrogen and oxygen atoms in total. The van der Waals surface area contributed by atoms with E-state index in [-0.39, 0.29) is 29.8 Å². The van der Waals surface area contributed by atoms with Crippen molar-refractivity contribution < 1.29 is 27.9 Å². The zero-order valence-electron chi connectivity index (χ0n) is 15.1. The van der Waals surface area contributed by atoms with Crippen LogP contribution in [0.3, 0.4) is 0 Å². The maximum atomic E-state index is 12.9. The minimum Gasteiger partial charge on any atom is -0.480 e. The molecule has 3 N–H and O–H groups in total. The lowest BCUT2D eigenvalue weighted by Crippen LogP contribution is -2.46. The molecule has 0 spiro atoms. The van der Waals surface area contributed by atoms with E-state index in [2.05, 4.69) is 10.6 Å². The lowest BCUT2D eigenvalue weighted by Gasteiger charge is -2.26. The van der Waals surface area contributed by atoms with E-state index in [9.17, 15) is 27.9 Å². The zero-order chi connectivity index (χ0) is 20.1. The number of carboxylic acid groups (broad SMARTS) is 1. The highest BCUT2D eigenvalue weighted by molar-refractivity contribution is 7.89. The van der Waals surface area contributed by atoms with Gasteiger partial charge < -0.3 is 15.7 Å². The molecular formula is C16H23N3O6S. The van der Waals surface area contributed by atoms with Crippen LogP contribution in [0.25, 0.3) is 0 Å². The van der Waals surface area contributed by atoms with E-state index in [0.29, 0.717) is 11.3 Å². The molecule has 1 aromatic carbocycles. The standard InChI is InChI=1S/C16H23N3O6S/c1-10-5-6-14(9-15(10)18-13(4)21)26(24,25)19(11(2)16(22)23)8-7-17-12(3)20/h5-6,9,11H,7-8H2,1-4H3,(H,17,20)(H,18,21)(H,22,23). The molecule has 0 fully saturated rings. The Morgan fingerprint density at radius 1 is 1.19 bits per heavy atom. The first-order valence-electron chi connectivity index (χ1n) is 7.84. The van der Waals surface area contributed by atoms with Crippen LogP contribution in [0.1, 0.15) is 26.3 Å². The fourth-order valence-corrected chi connectivity index (χ4v) is 3.82. The van der Waals surface area contributed by atoms with E-state index in [1.54, 1.807) is 6.92 Å². The van der Waals surface area contributed by atoms with Crippen molar-refractivity contribution in [2.24, 2.45) is 0 Å². The van der Waals surface area contributed by atoms with Crippen molar-refractivity contribution in [3.63, 3.8) is 0 Å². The van der Waals surface area contributed by atoms with Gasteiger partial charge in [-0.25, -0.2) is 8.42 Å². The Balaban J connectivity index is 3.28. The van der Waals surface area contributed by atoms with E-state index in [4.69, 9.17) is 0 Å².